The van der Waals surface area contributed by atoms with Crippen LogP contribution in [0.25, 0.3) is 5.76 Å². The molecule has 2 heterocycles. The van der Waals surface area contributed by atoms with Crippen LogP contribution in [0.2, 0.25) is 0 Å². The highest BCUT2D eigenvalue weighted by Crippen LogP contribution is 2.45. The first-order chi connectivity index (χ1) is 17.3. The first kappa shape index (κ1) is 23.5. The summed E-state index contributed by atoms with van der Waals surface area (Å²) in [5, 5.41) is 11.6. The van der Waals surface area contributed by atoms with E-state index in [0.717, 1.165) is 11.1 Å². The number of methoxy groups -OCH3 is 1. The van der Waals surface area contributed by atoms with Crippen molar-refractivity contribution in [3.8, 4) is 17.2 Å². The number of carbonyl (C=O) groups is 2. The summed E-state index contributed by atoms with van der Waals surface area (Å²) in [7, 11) is 1.60. The van der Waals surface area contributed by atoms with Crippen LogP contribution in [-0.2, 0) is 9.59 Å². The first-order valence-electron chi connectivity index (χ1n) is 11.8. The lowest BCUT2D eigenvalue weighted by Gasteiger charge is -2.26. The zero-order chi connectivity index (χ0) is 25.6. The minimum atomic E-state index is -0.824. The van der Waals surface area contributed by atoms with E-state index in [0.29, 0.717) is 34.1 Å². The second kappa shape index (κ2) is 9.07. The summed E-state index contributed by atoms with van der Waals surface area (Å²) in [5.41, 5.74) is 3.33. The molecule has 2 aliphatic rings. The van der Waals surface area contributed by atoms with Gasteiger partial charge in [-0.3, -0.25) is 14.5 Å². The van der Waals surface area contributed by atoms with Crippen LogP contribution in [-0.4, -0.2) is 30.7 Å². The number of amides is 1. The zero-order valence-corrected chi connectivity index (χ0v) is 20.6. The minimum Gasteiger partial charge on any atom is -0.507 e. The van der Waals surface area contributed by atoms with Crippen LogP contribution in [0, 0.1) is 6.92 Å². The van der Waals surface area contributed by atoms with Gasteiger partial charge < -0.3 is 19.3 Å². The van der Waals surface area contributed by atoms with Gasteiger partial charge in [0.1, 0.15) is 11.5 Å². The van der Waals surface area contributed by atoms with E-state index in [1.165, 1.54) is 4.90 Å². The number of benzene rings is 3. The van der Waals surface area contributed by atoms with Crippen molar-refractivity contribution >= 4 is 23.1 Å². The number of aliphatic hydroxyl groups excluding tert-OH is 1. The van der Waals surface area contributed by atoms with Crippen molar-refractivity contribution in [3.63, 3.8) is 0 Å². The Labute approximate surface area is 209 Å². The molecular formula is C29H27NO6. The Kier molecular flexibility index (Phi) is 5.92. The molecule has 184 valence electrons. The highest BCUT2D eigenvalue weighted by Gasteiger charge is 2.47. The summed E-state index contributed by atoms with van der Waals surface area (Å²) in [6.45, 7) is 5.99. The van der Waals surface area contributed by atoms with Gasteiger partial charge in [-0.05, 0) is 53.8 Å². The number of hydrogen-bond acceptors (Lipinski definition) is 6. The van der Waals surface area contributed by atoms with Crippen molar-refractivity contribution in [2.24, 2.45) is 0 Å². The van der Waals surface area contributed by atoms with Gasteiger partial charge in [0.2, 0.25) is 6.79 Å². The maximum atomic E-state index is 13.5. The fourth-order valence-electron chi connectivity index (χ4n) is 4.81. The number of rotatable bonds is 5. The maximum absolute atomic E-state index is 13.5. The molecule has 2 aliphatic heterocycles. The molecule has 0 aromatic heterocycles. The van der Waals surface area contributed by atoms with Crippen molar-refractivity contribution in [3.05, 3.63) is 88.5 Å². The SMILES string of the molecule is COc1cc(C)c(/C(O)=C2\C(=O)C(=O)N(c3ccc4c(c3)OCO4)C2c2ccccc2)cc1C(C)C. The molecule has 1 saturated heterocycles. The average Bonchev–Trinajstić information content (AvgIpc) is 3.45. The zero-order valence-electron chi connectivity index (χ0n) is 20.6. The van der Waals surface area contributed by atoms with E-state index in [9.17, 15) is 14.7 Å². The lowest BCUT2D eigenvalue weighted by Crippen LogP contribution is -2.29. The van der Waals surface area contributed by atoms with Crippen LogP contribution in [0.15, 0.2) is 66.2 Å². The summed E-state index contributed by atoms with van der Waals surface area (Å²) in [4.78, 5) is 28.3. The number of anilines is 1. The molecule has 1 fully saturated rings. The second-order valence-corrected chi connectivity index (χ2v) is 9.18. The third kappa shape index (κ3) is 3.77. The summed E-state index contributed by atoms with van der Waals surface area (Å²) in [6.07, 6.45) is 0. The third-order valence-corrected chi connectivity index (χ3v) is 6.65. The number of aryl methyl sites for hydroxylation is 1. The maximum Gasteiger partial charge on any atom is 0.300 e. The van der Waals surface area contributed by atoms with Gasteiger partial charge in [0.25, 0.3) is 11.7 Å². The smallest absolute Gasteiger partial charge is 0.300 e. The van der Waals surface area contributed by atoms with Crippen molar-refractivity contribution in [2.75, 3.05) is 18.8 Å². The average molecular weight is 486 g/mol. The molecular weight excluding hydrogens is 458 g/mol. The number of ketones is 1. The summed E-state index contributed by atoms with van der Waals surface area (Å²) >= 11 is 0. The Morgan fingerprint density at radius 1 is 1.03 bits per heavy atom. The molecule has 0 spiro atoms. The molecule has 1 N–H and O–H groups in total. The fraction of sp³-hybridized carbons (Fsp3) is 0.241. The van der Waals surface area contributed by atoms with Crippen LogP contribution in [0.3, 0.4) is 0 Å². The van der Waals surface area contributed by atoms with Crippen molar-refractivity contribution in [1.29, 1.82) is 0 Å². The first-order valence-corrected chi connectivity index (χ1v) is 11.8. The topological polar surface area (TPSA) is 85.3 Å². The van der Waals surface area contributed by atoms with Crippen molar-refractivity contribution < 1.29 is 28.9 Å². The Morgan fingerprint density at radius 3 is 2.44 bits per heavy atom. The molecule has 3 aromatic carbocycles. The predicted molar refractivity (Wildman–Crippen MR) is 136 cm³/mol. The fourth-order valence-corrected chi connectivity index (χ4v) is 4.81. The van der Waals surface area contributed by atoms with E-state index >= 15 is 0 Å². The molecule has 7 heteroatoms. The van der Waals surface area contributed by atoms with Crippen LogP contribution in [0.5, 0.6) is 17.2 Å². The molecule has 1 unspecified atom stereocenters. The number of ether oxygens (including phenoxy) is 3. The Bertz CT molecular complexity index is 1390. The van der Waals surface area contributed by atoms with Crippen LogP contribution < -0.4 is 19.1 Å². The number of nitrogens with zero attached hydrogens (tertiary/aromatic N) is 1. The normalized spacial score (nSPS) is 18.2. The van der Waals surface area contributed by atoms with Crippen molar-refractivity contribution in [1.82, 2.24) is 0 Å². The highest BCUT2D eigenvalue weighted by atomic mass is 16.7. The quantitative estimate of drug-likeness (QED) is 0.293. The van der Waals surface area contributed by atoms with Gasteiger partial charge in [-0.15, -0.1) is 0 Å². The van der Waals surface area contributed by atoms with E-state index in [-0.39, 0.29) is 24.0 Å². The molecule has 7 nitrogen and oxygen atoms in total. The molecule has 1 amide bonds. The molecule has 0 aliphatic carbocycles. The molecule has 0 bridgehead atoms. The van der Waals surface area contributed by atoms with Gasteiger partial charge >= 0.3 is 0 Å². The van der Waals surface area contributed by atoms with Gasteiger partial charge in [0.05, 0.1) is 18.7 Å². The highest BCUT2D eigenvalue weighted by molar-refractivity contribution is 6.51. The number of aliphatic hydroxyl groups is 1. The predicted octanol–water partition coefficient (Wildman–Crippen LogP) is 5.48. The van der Waals surface area contributed by atoms with Crippen molar-refractivity contribution in [2.45, 2.75) is 32.7 Å². The van der Waals surface area contributed by atoms with E-state index in [1.807, 2.05) is 63.2 Å². The molecule has 3 aromatic rings. The molecule has 36 heavy (non-hydrogen) atoms. The number of Topliss-reactive ketones (excluding diaryl/α,β-unsaturated/α-hetero) is 1. The number of carbonyl (C=O) groups excluding carboxylic acids is 2. The third-order valence-electron chi connectivity index (χ3n) is 6.65. The van der Waals surface area contributed by atoms with Gasteiger partial charge in [-0.25, -0.2) is 0 Å². The number of fused-ring (bicyclic) bond motifs is 1. The molecule has 0 radical (unpaired) electrons. The van der Waals surface area contributed by atoms with E-state index in [1.54, 1.807) is 25.3 Å². The van der Waals surface area contributed by atoms with Crippen LogP contribution in [0.4, 0.5) is 5.69 Å². The Hall–Kier alpha value is -4.26. The minimum absolute atomic E-state index is 0.0341. The molecule has 1 atom stereocenters. The largest absolute Gasteiger partial charge is 0.507 e. The van der Waals surface area contributed by atoms with E-state index in [2.05, 4.69) is 0 Å². The lowest BCUT2D eigenvalue weighted by molar-refractivity contribution is -0.132. The summed E-state index contributed by atoms with van der Waals surface area (Å²) in [6, 6.07) is 17.2. The second-order valence-electron chi connectivity index (χ2n) is 9.18. The van der Waals surface area contributed by atoms with Gasteiger partial charge in [-0.1, -0.05) is 44.2 Å². The molecule has 5 rings (SSSR count). The Morgan fingerprint density at radius 2 is 1.75 bits per heavy atom. The van der Waals surface area contributed by atoms with Gasteiger partial charge in [0, 0.05) is 17.3 Å². The molecule has 0 saturated carbocycles. The van der Waals surface area contributed by atoms with Crippen LogP contribution in [0.1, 0.15) is 48.1 Å². The summed E-state index contributed by atoms with van der Waals surface area (Å²) < 4.78 is 16.4. The van der Waals surface area contributed by atoms with Gasteiger partial charge in [0.15, 0.2) is 11.5 Å². The van der Waals surface area contributed by atoms with Crippen LogP contribution >= 0.6 is 0 Å². The monoisotopic (exact) mass is 485 g/mol. The van der Waals surface area contributed by atoms with Gasteiger partial charge in [-0.2, -0.15) is 0 Å². The van der Waals surface area contributed by atoms with E-state index < -0.39 is 17.7 Å². The standard InChI is InChI=1S/C29H27NO6/c1-16(2)20-14-21(17(3)12-23(20)34-4)27(31)25-26(18-8-6-5-7-9-18)30(29(33)28(25)32)19-10-11-22-24(13-19)36-15-35-22/h5-14,16,26,31H,15H2,1-4H3/b27-25+. The van der Waals surface area contributed by atoms with E-state index in [4.69, 9.17) is 14.2 Å². The summed E-state index contributed by atoms with van der Waals surface area (Å²) in [5.74, 6) is 0.204. The lowest BCUT2D eigenvalue weighted by atomic mass is 9.91. The number of hydrogen-bond donors (Lipinski definition) is 1. The Balaban J connectivity index is 1.72.